The highest BCUT2D eigenvalue weighted by Gasteiger charge is 2.10. The molecule has 1 aromatic rings. The number of carbonyl (C=O) groups excluding carboxylic acids is 1. The van der Waals surface area contributed by atoms with E-state index >= 15 is 0 Å². The van der Waals surface area contributed by atoms with Crippen molar-refractivity contribution < 1.29 is 4.79 Å². The van der Waals surface area contributed by atoms with Gasteiger partial charge in [-0.3, -0.25) is 4.79 Å². The zero-order valence-electron chi connectivity index (χ0n) is 11.3. The Morgan fingerprint density at radius 2 is 2.17 bits per heavy atom. The number of rotatable bonds is 7. The average Bonchev–Trinajstić information content (AvgIpc) is 2.37. The van der Waals surface area contributed by atoms with E-state index in [1.54, 1.807) is 0 Å². The van der Waals surface area contributed by atoms with Crippen molar-refractivity contribution in [2.75, 3.05) is 18.4 Å². The Bertz CT molecular complexity index is 379. The number of hydrogen-bond acceptors (Lipinski definition) is 1. The number of amides is 1. The van der Waals surface area contributed by atoms with E-state index in [-0.39, 0.29) is 5.91 Å². The second kappa shape index (κ2) is 8.30. The Hall–Kier alpha value is -0.830. The van der Waals surface area contributed by atoms with E-state index in [2.05, 4.69) is 47.1 Å². The van der Waals surface area contributed by atoms with Crippen LogP contribution < -0.4 is 0 Å². The highest BCUT2D eigenvalue weighted by molar-refractivity contribution is 9.09. The van der Waals surface area contributed by atoms with Gasteiger partial charge in [-0.25, -0.2) is 0 Å². The Kier molecular flexibility index (Phi) is 7.02. The average molecular weight is 312 g/mol. The van der Waals surface area contributed by atoms with Crippen molar-refractivity contribution in [2.45, 2.75) is 33.1 Å². The first-order valence-corrected chi connectivity index (χ1v) is 7.68. The first-order chi connectivity index (χ1) is 8.67. The second-order valence-corrected chi connectivity index (χ2v) is 5.30. The largest absolute Gasteiger partial charge is 0.343 e. The maximum atomic E-state index is 12.0. The molecule has 1 rings (SSSR count). The third-order valence-corrected chi connectivity index (χ3v) is 3.57. The molecular formula is C15H22BrNO. The second-order valence-electron chi connectivity index (χ2n) is 4.50. The molecule has 1 amide bonds. The molecule has 0 fully saturated rings. The number of benzene rings is 1. The summed E-state index contributed by atoms with van der Waals surface area (Å²) in [7, 11) is 0. The monoisotopic (exact) mass is 311 g/mol. The van der Waals surface area contributed by atoms with Gasteiger partial charge in [0.1, 0.15) is 0 Å². The van der Waals surface area contributed by atoms with Crippen LogP contribution in [-0.2, 0) is 11.2 Å². The van der Waals surface area contributed by atoms with Gasteiger partial charge in [0.15, 0.2) is 0 Å². The molecule has 0 radical (unpaired) electrons. The van der Waals surface area contributed by atoms with Gasteiger partial charge in [0.2, 0.25) is 5.91 Å². The summed E-state index contributed by atoms with van der Waals surface area (Å²) in [5.74, 6) is 0.264. The van der Waals surface area contributed by atoms with Gasteiger partial charge in [-0.15, -0.1) is 0 Å². The maximum absolute atomic E-state index is 12.0. The molecule has 0 atom stereocenters. The lowest BCUT2D eigenvalue weighted by Gasteiger charge is -2.20. The number of halogens is 1. The van der Waals surface area contributed by atoms with E-state index in [1.807, 2.05) is 11.8 Å². The van der Waals surface area contributed by atoms with Gasteiger partial charge in [-0.1, -0.05) is 45.8 Å². The molecule has 0 bridgehead atoms. The van der Waals surface area contributed by atoms with Crippen LogP contribution in [0.2, 0.25) is 0 Å². The van der Waals surface area contributed by atoms with Gasteiger partial charge >= 0.3 is 0 Å². The van der Waals surface area contributed by atoms with Crippen LogP contribution in [0.4, 0.5) is 0 Å². The van der Waals surface area contributed by atoms with Crippen LogP contribution in [0.1, 0.15) is 30.9 Å². The number of carbonyl (C=O) groups is 1. The van der Waals surface area contributed by atoms with Crippen LogP contribution in [0.15, 0.2) is 24.3 Å². The molecule has 0 aliphatic carbocycles. The van der Waals surface area contributed by atoms with Crippen molar-refractivity contribution in [3.8, 4) is 0 Å². The predicted molar refractivity (Wildman–Crippen MR) is 80.2 cm³/mol. The third kappa shape index (κ3) is 5.21. The summed E-state index contributed by atoms with van der Waals surface area (Å²) in [5.41, 5.74) is 2.51. The number of nitrogens with zero attached hydrogens (tertiary/aromatic N) is 1. The predicted octanol–water partition coefficient (Wildman–Crippen LogP) is 3.56. The van der Waals surface area contributed by atoms with E-state index in [0.29, 0.717) is 6.42 Å². The minimum atomic E-state index is 0.264. The fraction of sp³-hybridized carbons (Fsp3) is 0.533. The lowest BCUT2D eigenvalue weighted by Crippen LogP contribution is -2.32. The summed E-state index contributed by atoms with van der Waals surface area (Å²) in [6.45, 7) is 5.78. The van der Waals surface area contributed by atoms with E-state index in [9.17, 15) is 4.79 Å². The summed E-state index contributed by atoms with van der Waals surface area (Å²) < 4.78 is 0. The molecule has 0 aliphatic heterocycles. The van der Waals surface area contributed by atoms with E-state index in [0.717, 1.165) is 31.3 Å². The Morgan fingerprint density at radius 1 is 1.39 bits per heavy atom. The van der Waals surface area contributed by atoms with Gasteiger partial charge < -0.3 is 4.90 Å². The van der Waals surface area contributed by atoms with Crippen LogP contribution in [0, 0.1) is 6.92 Å². The SMILES string of the molecule is CCN(CCCBr)C(=O)CCc1cccc(C)c1. The van der Waals surface area contributed by atoms with Crippen LogP contribution >= 0.6 is 15.9 Å². The highest BCUT2D eigenvalue weighted by atomic mass is 79.9. The summed E-state index contributed by atoms with van der Waals surface area (Å²) in [4.78, 5) is 14.0. The number of alkyl halides is 1. The van der Waals surface area contributed by atoms with Crippen molar-refractivity contribution in [3.63, 3.8) is 0 Å². The minimum Gasteiger partial charge on any atom is -0.343 e. The standard InChI is InChI=1S/C15H22BrNO/c1-3-17(11-5-10-16)15(18)9-8-14-7-4-6-13(2)12-14/h4,6-7,12H,3,5,8-11H2,1-2H3. The Morgan fingerprint density at radius 3 is 2.78 bits per heavy atom. The Labute approximate surface area is 119 Å². The molecule has 0 aromatic heterocycles. The van der Waals surface area contributed by atoms with Crippen LogP contribution in [0.25, 0.3) is 0 Å². The van der Waals surface area contributed by atoms with Gasteiger partial charge in [0.25, 0.3) is 0 Å². The zero-order valence-corrected chi connectivity index (χ0v) is 12.9. The lowest BCUT2D eigenvalue weighted by molar-refractivity contribution is -0.131. The molecule has 3 heteroatoms. The first kappa shape index (κ1) is 15.2. The molecule has 1 aromatic carbocycles. The van der Waals surface area contributed by atoms with E-state index in [4.69, 9.17) is 0 Å². The molecule has 0 unspecified atom stereocenters. The van der Waals surface area contributed by atoms with Gasteiger partial charge in [0.05, 0.1) is 0 Å². The molecule has 0 N–H and O–H groups in total. The van der Waals surface area contributed by atoms with Crippen molar-refractivity contribution in [2.24, 2.45) is 0 Å². The lowest BCUT2D eigenvalue weighted by atomic mass is 10.1. The van der Waals surface area contributed by atoms with Crippen molar-refractivity contribution >= 4 is 21.8 Å². The van der Waals surface area contributed by atoms with Crippen molar-refractivity contribution in [3.05, 3.63) is 35.4 Å². The van der Waals surface area contributed by atoms with Gasteiger partial charge in [0, 0.05) is 24.8 Å². The first-order valence-electron chi connectivity index (χ1n) is 6.56. The normalized spacial score (nSPS) is 10.4. The fourth-order valence-electron chi connectivity index (χ4n) is 1.99. The highest BCUT2D eigenvalue weighted by Crippen LogP contribution is 2.08. The van der Waals surface area contributed by atoms with Crippen LogP contribution in [0.5, 0.6) is 0 Å². The molecule has 0 aliphatic rings. The molecule has 0 saturated carbocycles. The van der Waals surface area contributed by atoms with E-state index in [1.165, 1.54) is 11.1 Å². The molecule has 2 nitrogen and oxygen atoms in total. The van der Waals surface area contributed by atoms with Crippen LogP contribution in [0.3, 0.4) is 0 Å². The number of hydrogen-bond donors (Lipinski definition) is 0. The molecule has 0 saturated heterocycles. The summed E-state index contributed by atoms with van der Waals surface area (Å²) >= 11 is 3.40. The summed E-state index contributed by atoms with van der Waals surface area (Å²) in [5, 5.41) is 0.953. The van der Waals surface area contributed by atoms with Crippen molar-refractivity contribution in [1.29, 1.82) is 0 Å². The Balaban J connectivity index is 2.44. The topological polar surface area (TPSA) is 20.3 Å². The van der Waals surface area contributed by atoms with Gasteiger partial charge in [-0.05, 0) is 32.3 Å². The smallest absolute Gasteiger partial charge is 0.222 e. The molecule has 100 valence electrons. The summed E-state index contributed by atoms with van der Waals surface area (Å²) in [6, 6.07) is 8.38. The number of aryl methyl sites for hydroxylation is 2. The third-order valence-electron chi connectivity index (χ3n) is 3.01. The quantitative estimate of drug-likeness (QED) is 0.705. The minimum absolute atomic E-state index is 0.264. The molecule has 18 heavy (non-hydrogen) atoms. The molecule has 0 heterocycles. The zero-order chi connectivity index (χ0) is 13.4. The molecule has 0 spiro atoms. The van der Waals surface area contributed by atoms with Crippen LogP contribution in [-0.4, -0.2) is 29.2 Å². The fourth-order valence-corrected chi connectivity index (χ4v) is 2.24. The molecular weight excluding hydrogens is 290 g/mol. The van der Waals surface area contributed by atoms with E-state index < -0.39 is 0 Å². The summed E-state index contributed by atoms with van der Waals surface area (Å²) in [6.07, 6.45) is 2.47. The van der Waals surface area contributed by atoms with Gasteiger partial charge in [-0.2, -0.15) is 0 Å². The maximum Gasteiger partial charge on any atom is 0.222 e. The van der Waals surface area contributed by atoms with Crippen molar-refractivity contribution in [1.82, 2.24) is 4.90 Å².